The van der Waals surface area contributed by atoms with Crippen molar-refractivity contribution < 1.29 is 13.9 Å². The van der Waals surface area contributed by atoms with Crippen molar-refractivity contribution in [2.75, 3.05) is 6.61 Å². The molecule has 0 saturated heterocycles. The number of carbonyl (C=O) groups is 1. The molecule has 6 heteroatoms. The lowest BCUT2D eigenvalue weighted by Gasteiger charge is -2.07. The molecule has 0 aliphatic carbocycles. The number of ether oxygens (including phenoxy) is 1. The molecule has 26 heavy (non-hydrogen) atoms. The molecule has 0 spiro atoms. The van der Waals surface area contributed by atoms with Crippen LogP contribution < -0.4 is 10.1 Å². The Morgan fingerprint density at radius 3 is 2.65 bits per heavy atom. The number of para-hydroxylation sites is 1. The summed E-state index contributed by atoms with van der Waals surface area (Å²) in [5, 5.41) is 7.11. The zero-order chi connectivity index (χ0) is 18.2. The number of nitrogens with zero attached hydrogens (tertiary/aromatic N) is 2. The van der Waals surface area contributed by atoms with Crippen LogP contribution in [0.3, 0.4) is 0 Å². The molecular weight excluding hydrogens is 333 g/mol. The van der Waals surface area contributed by atoms with E-state index in [1.807, 2.05) is 41.2 Å². The van der Waals surface area contributed by atoms with Gasteiger partial charge in [-0.05, 0) is 17.7 Å². The van der Waals surface area contributed by atoms with Gasteiger partial charge in [0.1, 0.15) is 0 Å². The van der Waals surface area contributed by atoms with Gasteiger partial charge in [0.05, 0.1) is 25.8 Å². The second-order valence-corrected chi connectivity index (χ2v) is 5.84. The summed E-state index contributed by atoms with van der Waals surface area (Å²) in [5.41, 5.74) is 2.08. The Hall–Kier alpha value is -3.15. The van der Waals surface area contributed by atoms with Crippen molar-refractivity contribution in [1.29, 1.82) is 0 Å². The molecular formula is C20H20FN3O2. The molecule has 3 aromatic rings. The van der Waals surface area contributed by atoms with Gasteiger partial charge in [0, 0.05) is 18.3 Å². The number of carbonyl (C=O) groups excluding carboxylic acids is 1. The summed E-state index contributed by atoms with van der Waals surface area (Å²) >= 11 is 0. The van der Waals surface area contributed by atoms with E-state index < -0.39 is 5.82 Å². The van der Waals surface area contributed by atoms with Crippen molar-refractivity contribution in [2.24, 2.45) is 0 Å². The topological polar surface area (TPSA) is 56.1 Å². The average Bonchev–Trinajstić information content (AvgIpc) is 3.10. The summed E-state index contributed by atoms with van der Waals surface area (Å²) < 4.78 is 20.5. The summed E-state index contributed by atoms with van der Waals surface area (Å²) in [7, 11) is 0. The fourth-order valence-electron chi connectivity index (χ4n) is 2.46. The monoisotopic (exact) mass is 353 g/mol. The maximum atomic E-state index is 13.4. The van der Waals surface area contributed by atoms with E-state index in [4.69, 9.17) is 4.74 Å². The SMILES string of the molecule is O=C(CCOc1ccccc1F)NCc1cnn(Cc2ccccc2)c1. The number of hydrogen-bond acceptors (Lipinski definition) is 3. The predicted molar refractivity (Wildman–Crippen MR) is 96.1 cm³/mol. The van der Waals surface area contributed by atoms with E-state index in [1.54, 1.807) is 18.3 Å². The van der Waals surface area contributed by atoms with Gasteiger partial charge < -0.3 is 10.1 Å². The summed E-state index contributed by atoms with van der Waals surface area (Å²) in [6.45, 7) is 1.21. The number of hydrogen-bond donors (Lipinski definition) is 1. The minimum Gasteiger partial charge on any atom is -0.490 e. The highest BCUT2D eigenvalue weighted by molar-refractivity contribution is 5.75. The van der Waals surface area contributed by atoms with E-state index in [1.165, 1.54) is 12.1 Å². The highest BCUT2D eigenvalue weighted by atomic mass is 19.1. The first-order chi connectivity index (χ1) is 12.7. The lowest BCUT2D eigenvalue weighted by molar-refractivity contribution is -0.121. The zero-order valence-electron chi connectivity index (χ0n) is 14.3. The molecule has 1 heterocycles. The Balaban J connectivity index is 1.40. The van der Waals surface area contributed by atoms with Crippen molar-refractivity contribution in [3.63, 3.8) is 0 Å². The van der Waals surface area contributed by atoms with Gasteiger partial charge >= 0.3 is 0 Å². The minimum atomic E-state index is -0.432. The third kappa shape index (κ3) is 5.17. The van der Waals surface area contributed by atoms with Gasteiger partial charge in [-0.25, -0.2) is 4.39 Å². The van der Waals surface area contributed by atoms with Crippen molar-refractivity contribution in [1.82, 2.24) is 15.1 Å². The maximum absolute atomic E-state index is 13.4. The standard InChI is InChI=1S/C20H20FN3O2/c21-18-8-4-5-9-19(18)26-11-10-20(25)22-12-17-13-23-24(15-17)14-16-6-2-1-3-7-16/h1-9,13,15H,10-12,14H2,(H,22,25). The first-order valence-electron chi connectivity index (χ1n) is 8.40. The number of aromatic nitrogens is 2. The molecule has 0 bridgehead atoms. The van der Waals surface area contributed by atoms with Crippen LogP contribution in [0.1, 0.15) is 17.5 Å². The van der Waals surface area contributed by atoms with E-state index in [-0.39, 0.29) is 24.7 Å². The molecule has 1 N–H and O–H groups in total. The molecule has 2 aromatic carbocycles. The lowest BCUT2D eigenvalue weighted by Crippen LogP contribution is -2.24. The maximum Gasteiger partial charge on any atom is 0.223 e. The fourth-order valence-corrected chi connectivity index (χ4v) is 2.46. The Labute approximate surface area is 151 Å². The van der Waals surface area contributed by atoms with Crippen LogP contribution in [0.4, 0.5) is 4.39 Å². The quantitative estimate of drug-likeness (QED) is 0.677. The summed E-state index contributed by atoms with van der Waals surface area (Å²) in [6.07, 6.45) is 3.80. The Kier molecular flexibility index (Phi) is 5.98. The Bertz CT molecular complexity index is 849. The van der Waals surface area contributed by atoms with E-state index in [9.17, 15) is 9.18 Å². The summed E-state index contributed by atoms with van der Waals surface area (Å²) in [4.78, 5) is 11.9. The third-order valence-electron chi connectivity index (χ3n) is 3.79. The third-order valence-corrected chi connectivity index (χ3v) is 3.79. The smallest absolute Gasteiger partial charge is 0.223 e. The molecule has 0 atom stereocenters. The van der Waals surface area contributed by atoms with Crippen LogP contribution in [0.25, 0.3) is 0 Å². The van der Waals surface area contributed by atoms with Crippen LogP contribution >= 0.6 is 0 Å². The normalized spacial score (nSPS) is 10.5. The van der Waals surface area contributed by atoms with Gasteiger partial charge in [-0.1, -0.05) is 42.5 Å². The number of rotatable bonds is 8. The van der Waals surface area contributed by atoms with Crippen molar-refractivity contribution in [3.05, 3.63) is 83.9 Å². The van der Waals surface area contributed by atoms with Gasteiger partial charge in [-0.3, -0.25) is 9.48 Å². The van der Waals surface area contributed by atoms with Crippen LogP contribution in [-0.4, -0.2) is 22.3 Å². The van der Waals surface area contributed by atoms with Crippen LogP contribution in [0.15, 0.2) is 67.0 Å². The number of amides is 1. The minimum absolute atomic E-state index is 0.125. The van der Waals surface area contributed by atoms with E-state index in [0.29, 0.717) is 13.1 Å². The van der Waals surface area contributed by atoms with E-state index >= 15 is 0 Å². The molecule has 0 saturated carbocycles. The van der Waals surface area contributed by atoms with Crippen LogP contribution in [-0.2, 0) is 17.9 Å². The summed E-state index contributed by atoms with van der Waals surface area (Å²) in [5.74, 6) is -0.432. The molecule has 3 rings (SSSR count). The molecule has 0 aliphatic rings. The Morgan fingerprint density at radius 2 is 1.85 bits per heavy atom. The predicted octanol–water partition coefficient (Wildman–Crippen LogP) is 3.16. The van der Waals surface area contributed by atoms with E-state index in [2.05, 4.69) is 10.4 Å². The zero-order valence-corrected chi connectivity index (χ0v) is 14.3. The molecule has 0 unspecified atom stereocenters. The van der Waals surface area contributed by atoms with Crippen molar-refractivity contribution in [3.8, 4) is 5.75 Å². The first kappa shape index (κ1) is 17.7. The van der Waals surface area contributed by atoms with Gasteiger partial charge in [0.25, 0.3) is 0 Å². The van der Waals surface area contributed by atoms with Crippen LogP contribution in [0.2, 0.25) is 0 Å². The van der Waals surface area contributed by atoms with Gasteiger partial charge in [-0.2, -0.15) is 5.10 Å². The van der Waals surface area contributed by atoms with Crippen molar-refractivity contribution >= 4 is 5.91 Å². The molecule has 1 aromatic heterocycles. The Morgan fingerprint density at radius 1 is 1.08 bits per heavy atom. The highest BCUT2D eigenvalue weighted by Crippen LogP contribution is 2.15. The lowest BCUT2D eigenvalue weighted by atomic mass is 10.2. The first-order valence-corrected chi connectivity index (χ1v) is 8.40. The molecule has 5 nitrogen and oxygen atoms in total. The van der Waals surface area contributed by atoms with Crippen molar-refractivity contribution in [2.45, 2.75) is 19.5 Å². The molecule has 1 amide bonds. The second-order valence-electron chi connectivity index (χ2n) is 5.84. The largest absolute Gasteiger partial charge is 0.490 e. The van der Waals surface area contributed by atoms with E-state index in [0.717, 1.165) is 11.1 Å². The number of halogens is 1. The number of benzene rings is 2. The molecule has 0 fully saturated rings. The molecule has 0 aliphatic heterocycles. The van der Waals surface area contributed by atoms with Gasteiger partial charge in [0.15, 0.2) is 11.6 Å². The molecule has 134 valence electrons. The van der Waals surface area contributed by atoms with Gasteiger partial charge in [0.2, 0.25) is 5.91 Å². The van der Waals surface area contributed by atoms with Crippen LogP contribution in [0.5, 0.6) is 5.75 Å². The average molecular weight is 353 g/mol. The highest BCUT2D eigenvalue weighted by Gasteiger charge is 2.06. The summed E-state index contributed by atoms with van der Waals surface area (Å²) in [6, 6.07) is 16.2. The number of nitrogens with one attached hydrogen (secondary N) is 1. The molecule has 0 radical (unpaired) electrons. The fraction of sp³-hybridized carbons (Fsp3) is 0.200. The van der Waals surface area contributed by atoms with Crippen LogP contribution in [0, 0.1) is 5.82 Å². The van der Waals surface area contributed by atoms with Gasteiger partial charge in [-0.15, -0.1) is 0 Å². The second kappa shape index (κ2) is 8.80.